The summed E-state index contributed by atoms with van der Waals surface area (Å²) in [5.41, 5.74) is -0.143. The Bertz CT molecular complexity index is 607. The quantitative estimate of drug-likeness (QED) is 0.815. The van der Waals surface area contributed by atoms with Crippen LogP contribution >= 0.6 is 0 Å². The van der Waals surface area contributed by atoms with Crippen molar-refractivity contribution in [2.75, 3.05) is 0 Å². The van der Waals surface area contributed by atoms with Crippen LogP contribution < -0.4 is 5.32 Å². The van der Waals surface area contributed by atoms with Crippen molar-refractivity contribution in [3.05, 3.63) is 47.3 Å². The first kappa shape index (κ1) is 16.8. The molecule has 0 aromatic carbocycles. The fourth-order valence-electron chi connectivity index (χ4n) is 2.09. The van der Waals surface area contributed by atoms with Gasteiger partial charge in [0.1, 0.15) is 17.4 Å². The Balaban J connectivity index is 2.23. The van der Waals surface area contributed by atoms with Crippen LogP contribution in [0.5, 0.6) is 0 Å². The van der Waals surface area contributed by atoms with Gasteiger partial charge in [0.05, 0.1) is 11.4 Å². The lowest BCUT2D eigenvalue weighted by molar-refractivity contribution is -0.0219. The molecule has 120 valence electrons. The molecule has 0 saturated carbocycles. The lowest BCUT2D eigenvalue weighted by Crippen LogP contribution is -2.46. The molecule has 1 aliphatic rings. The zero-order valence-electron chi connectivity index (χ0n) is 13.2. The Labute approximate surface area is 129 Å². The maximum atomic E-state index is 13.9. The number of nitrogens with zero attached hydrogens (tertiary/aromatic N) is 1. The van der Waals surface area contributed by atoms with Gasteiger partial charge in [-0.25, -0.2) is 13.8 Å². The molecular weight excluding hydrogens is 286 g/mol. The molecule has 1 atom stereocenters. The highest BCUT2D eigenvalue weighted by Gasteiger charge is 2.24. The fraction of sp³-hybridized carbons (Fsp3) is 0.471. The Hall–Kier alpha value is -1.59. The van der Waals surface area contributed by atoms with Gasteiger partial charge in [-0.3, -0.25) is 5.32 Å². The summed E-state index contributed by atoms with van der Waals surface area (Å²) >= 11 is 0. The van der Waals surface area contributed by atoms with Crippen molar-refractivity contribution in [2.45, 2.75) is 45.9 Å². The summed E-state index contributed by atoms with van der Waals surface area (Å²) in [6.07, 6.45) is 4.58. The standard InChI is InChI=1S/C17H22F2N2O/c1-11(2)17(3,22)20-10-16-14(19)8-9-15(21-16)12-6-4-5-7-13(12)18/h4,6,8-9,11,20,22H,5,7,10H2,1-3H3/t17-/m1/s1. The normalized spacial score (nSPS) is 18.0. The SMILES string of the molecule is CC(C)[C@@](C)(O)NCc1nc(C2=C(F)CCC=C2)ccc1F. The van der Waals surface area contributed by atoms with E-state index in [1.165, 1.54) is 12.1 Å². The Morgan fingerprint density at radius 2 is 2.09 bits per heavy atom. The lowest BCUT2D eigenvalue weighted by atomic mass is 10.0. The molecule has 2 rings (SSSR count). The monoisotopic (exact) mass is 308 g/mol. The van der Waals surface area contributed by atoms with Crippen molar-refractivity contribution in [1.82, 2.24) is 10.3 Å². The van der Waals surface area contributed by atoms with E-state index >= 15 is 0 Å². The zero-order chi connectivity index (χ0) is 16.3. The van der Waals surface area contributed by atoms with Gasteiger partial charge in [0, 0.05) is 18.5 Å². The maximum Gasteiger partial charge on any atom is 0.146 e. The third-order valence-electron chi connectivity index (χ3n) is 4.04. The van der Waals surface area contributed by atoms with Crippen LogP contribution in [0.25, 0.3) is 5.57 Å². The van der Waals surface area contributed by atoms with E-state index in [1.807, 2.05) is 19.9 Å². The molecule has 5 heteroatoms. The number of pyridine rings is 1. The van der Waals surface area contributed by atoms with E-state index < -0.39 is 11.5 Å². The lowest BCUT2D eigenvalue weighted by Gasteiger charge is -2.29. The van der Waals surface area contributed by atoms with E-state index in [9.17, 15) is 13.9 Å². The molecule has 1 aromatic rings. The van der Waals surface area contributed by atoms with Crippen LogP contribution in [-0.4, -0.2) is 15.8 Å². The van der Waals surface area contributed by atoms with E-state index in [1.54, 1.807) is 13.0 Å². The van der Waals surface area contributed by atoms with Gasteiger partial charge in [-0.2, -0.15) is 0 Å². The van der Waals surface area contributed by atoms with Crippen molar-refractivity contribution < 1.29 is 13.9 Å². The molecule has 0 aliphatic heterocycles. The van der Waals surface area contributed by atoms with E-state index in [2.05, 4.69) is 10.3 Å². The largest absolute Gasteiger partial charge is 0.376 e. The highest BCUT2D eigenvalue weighted by Crippen LogP contribution is 2.27. The van der Waals surface area contributed by atoms with Crippen molar-refractivity contribution in [3.63, 3.8) is 0 Å². The number of hydrogen-bond acceptors (Lipinski definition) is 3. The summed E-state index contributed by atoms with van der Waals surface area (Å²) in [6.45, 7) is 5.43. The van der Waals surface area contributed by atoms with Gasteiger partial charge in [0.2, 0.25) is 0 Å². The molecule has 0 fully saturated rings. The smallest absolute Gasteiger partial charge is 0.146 e. The predicted molar refractivity (Wildman–Crippen MR) is 82.9 cm³/mol. The van der Waals surface area contributed by atoms with E-state index in [4.69, 9.17) is 0 Å². The van der Waals surface area contributed by atoms with Gasteiger partial charge >= 0.3 is 0 Å². The molecule has 1 aliphatic carbocycles. The molecule has 1 heterocycles. The first-order valence-electron chi connectivity index (χ1n) is 7.49. The number of hydrogen-bond donors (Lipinski definition) is 2. The van der Waals surface area contributed by atoms with Crippen LogP contribution in [0.15, 0.2) is 30.1 Å². The first-order valence-corrected chi connectivity index (χ1v) is 7.49. The van der Waals surface area contributed by atoms with Crippen LogP contribution in [0, 0.1) is 11.7 Å². The fourth-order valence-corrected chi connectivity index (χ4v) is 2.09. The molecule has 0 unspecified atom stereocenters. The Morgan fingerprint density at radius 1 is 1.36 bits per heavy atom. The Kier molecular flexibility index (Phi) is 5.08. The number of aromatic nitrogens is 1. The van der Waals surface area contributed by atoms with E-state index in [0.717, 1.165) is 0 Å². The molecule has 0 radical (unpaired) electrons. The van der Waals surface area contributed by atoms with Crippen molar-refractivity contribution in [2.24, 2.45) is 5.92 Å². The molecule has 1 aromatic heterocycles. The third-order valence-corrected chi connectivity index (χ3v) is 4.04. The topological polar surface area (TPSA) is 45.1 Å². The van der Waals surface area contributed by atoms with Crippen LogP contribution in [0.2, 0.25) is 0 Å². The second-order valence-electron chi connectivity index (χ2n) is 6.04. The highest BCUT2D eigenvalue weighted by atomic mass is 19.1. The predicted octanol–water partition coefficient (Wildman–Crippen LogP) is 3.71. The molecule has 0 bridgehead atoms. The number of halogens is 2. The van der Waals surface area contributed by atoms with Gasteiger partial charge in [-0.05, 0) is 31.4 Å². The van der Waals surface area contributed by atoms with Crippen LogP contribution in [0.1, 0.15) is 45.0 Å². The van der Waals surface area contributed by atoms with Gasteiger partial charge in [0.25, 0.3) is 0 Å². The van der Waals surface area contributed by atoms with Crippen LogP contribution in [-0.2, 0) is 6.54 Å². The Morgan fingerprint density at radius 3 is 2.73 bits per heavy atom. The van der Waals surface area contributed by atoms with Crippen molar-refractivity contribution >= 4 is 5.57 Å². The molecular formula is C17H22F2N2O. The number of nitrogens with one attached hydrogen (secondary N) is 1. The van der Waals surface area contributed by atoms with Crippen LogP contribution in [0.4, 0.5) is 8.78 Å². The minimum Gasteiger partial charge on any atom is -0.376 e. The average molecular weight is 308 g/mol. The van der Waals surface area contributed by atoms with Gasteiger partial charge in [-0.15, -0.1) is 0 Å². The summed E-state index contributed by atoms with van der Waals surface area (Å²) in [5.74, 6) is -0.744. The number of allylic oxidation sites excluding steroid dienone is 4. The molecule has 22 heavy (non-hydrogen) atoms. The summed E-state index contributed by atoms with van der Waals surface area (Å²) in [7, 11) is 0. The summed E-state index contributed by atoms with van der Waals surface area (Å²) in [6, 6.07) is 2.76. The summed E-state index contributed by atoms with van der Waals surface area (Å²) in [4.78, 5) is 4.21. The third kappa shape index (κ3) is 3.78. The minimum atomic E-state index is -1.13. The molecule has 2 N–H and O–H groups in total. The zero-order valence-corrected chi connectivity index (χ0v) is 13.2. The van der Waals surface area contributed by atoms with Gasteiger partial charge in [-0.1, -0.05) is 26.0 Å². The molecule has 0 spiro atoms. The summed E-state index contributed by atoms with van der Waals surface area (Å²) in [5, 5.41) is 13.0. The van der Waals surface area contributed by atoms with E-state index in [-0.39, 0.29) is 24.0 Å². The molecule has 0 amide bonds. The van der Waals surface area contributed by atoms with Gasteiger partial charge in [0.15, 0.2) is 0 Å². The van der Waals surface area contributed by atoms with Crippen molar-refractivity contribution in [3.8, 4) is 0 Å². The van der Waals surface area contributed by atoms with Gasteiger partial charge < -0.3 is 5.11 Å². The van der Waals surface area contributed by atoms with Crippen LogP contribution in [0.3, 0.4) is 0 Å². The second kappa shape index (κ2) is 6.67. The molecule has 0 saturated heterocycles. The second-order valence-corrected chi connectivity index (χ2v) is 6.04. The number of rotatable bonds is 5. The highest BCUT2D eigenvalue weighted by molar-refractivity contribution is 5.74. The van der Waals surface area contributed by atoms with E-state index in [0.29, 0.717) is 24.1 Å². The maximum absolute atomic E-state index is 13.9. The average Bonchev–Trinajstić information content (AvgIpc) is 2.47. The van der Waals surface area contributed by atoms with Crippen molar-refractivity contribution in [1.29, 1.82) is 0 Å². The summed E-state index contributed by atoms with van der Waals surface area (Å²) < 4.78 is 27.8. The minimum absolute atomic E-state index is 0.0415. The number of aliphatic hydroxyl groups is 1. The first-order chi connectivity index (χ1) is 10.3. The molecule has 3 nitrogen and oxygen atoms in total.